The standard InChI is InChI=1S/C21H25N5O2/c1-26-15-16-14-18(8-9-19(16)25-26)23-11-10-17(22)6-4-2-3-5-7-20(27)21-24-12-13-28-21/h8-15H,2-7,22H2,1H3. The number of benzene rings is 1. The molecule has 7 heteroatoms. The topological polar surface area (TPSA) is 99.3 Å². The lowest BCUT2D eigenvalue weighted by Gasteiger charge is -2.01. The summed E-state index contributed by atoms with van der Waals surface area (Å²) in [5.41, 5.74) is 8.68. The van der Waals surface area contributed by atoms with E-state index in [0.717, 1.165) is 54.4 Å². The third kappa shape index (κ3) is 5.64. The van der Waals surface area contributed by atoms with E-state index < -0.39 is 0 Å². The van der Waals surface area contributed by atoms with Crippen molar-refractivity contribution in [2.75, 3.05) is 0 Å². The van der Waals surface area contributed by atoms with Crippen LogP contribution in [0.25, 0.3) is 10.9 Å². The van der Waals surface area contributed by atoms with Gasteiger partial charge in [-0.05, 0) is 43.5 Å². The van der Waals surface area contributed by atoms with Crippen molar-refractivity contribution in [1.29, 1.82) is 0 Å². The molecular formula is C21H25N5O2. The van der Waals surface area contributed by atoms with Gasteiger partial charge in [0.05, 0.1) is 17.4 Å². The molecule has 2 heterocycles. The zero-order chi connectivity index (χ0) is 19.8. The van der Waals surface area contributed by atoms with Crippen LogP contribution >= 0.6 is 0 Å². The molecular weight excluding hydrogens is 354 g/mol. The van der Waals surface area contributed by atoms with Crippen molar-refractivity contribution in [1.82, 2.24) is 14.8 Å². The first-order chi connectivity index (χ1) is 13.6. The number of oxazole rings is 1. The molecule has 0 spiro atoms. The number of hydrogen-bond donors (Lipinski definition) is 1. The molecule has 0 aliphatic heterocycles. The third-order valence-electron chi connectivity index (χ3n) is 4.40. The van der Waals surface area contributed by atoms with Crippen molar-refractivity contribution in [2.24, 2.45) is 17.8 Å². The van der Waals surface area contributed by atoms with Crippen molar-refractivity contribution >= 4 is 28.6 Å². The number of hydrogen-bond acceptors (Lipinski definition) is 6. The summed E-state index contributed by atoms with van der Waals surface area (Å²) >= 11 is 0. The molecule has 0 saturated carbocycles. The van der Waals surface area contributed by atoms with Crippen molar-refractivity contribution in [2.45, 2.75) is 38.5 Å². The van der Waals surface area contributed by atoms with E-state index in [2.05, 4.69) is 15.1 Å². The second-order valence-corrected chi connectivity index (χ2v) is 6.74. The second-order valence-electron chi connectivity index (χ2n) is 6.74. The first-order valence-corrected chi connectivity index (χ1v) is 9.46. The molecule has 0 amide bonds. The average Bonchev–Trinajstić information content (AvgIpc) is 3.33. The lowest BCUT2D eigenvalue weighted by molar-refractivity contribution is 0.0945. The van der Waals surface area contributed by atoms with Crippen LogP contribution in [0.5, 0.6) is 0 Å². The zero-order valence-electron chi connectivity index (χ0n) is 16.0. The Bertz CT molecular complexity index is 970. The molecule has 0 unspecified atom stereocenters. The number of aliphatic imine (C=N–C) groups is 1. The van der Waals surface area contributed by atoms with Gasteiger partial charge < -0.3 is 10.2 Å². The molecule has 2 N–H and O–H groups in total. The highest BCUT2D eigenvalue weighted by molar-refractivity contribution is 5.91. The van der Waals surface area contributed by atoms with Crippen LogP contribution in [-0.2, 0) is 7.05 Å². The van der Waals surface area contributed by atoms with Crippen LogP contribution in [0.1, 0.15) is 49.2 Å². The highest BCUT2D eigenvalue weighted by Gasteiger charge is 2.09. The largest absolute Gasteiger partial charge is 0.442 e. The van der Waals surface area contributed by atoms with Gasteiger partial charge in [-0.15, -0.1) is 0 Å². The Morgan fingerprint density at radius 2 is 2.07 bits per heavy atom. The van der Waals surface area contributed by atoms with E-state index in [0.29, 0.717) is 6.42 Å². The first-order valence-electron chi connectivity index (χ1n) is 9.46. The molecule has 0 bridgehead atoms. The number of fused-ring (bicyclic) bond motifs is 1. The van der Waals surface area contributed by atoms with Gasteiger partial charge in [-0.25, -0.2) is 4.98 Å². The van der Waals surface area contributed by atoms with E-state index in [9.17, 15) is 4.79 Å². The van der Waals surface area contributed by atoms with Gasteiger partial charge in [0, 0.05) is 37.0 Å². The number of ketones is 1. The van der Waals surface area contributed by atoms with Crippen molar-refractivity contribution in [3.05, 3.63) is 54.5 Å². The fourth-order valence-electron chi connectivity index (χ4n) is 2.96. The Kier molecular flexibility index (Phi) is 6.73. The van der Waals surface area contributed by atoms with Gasteiger partial charge in [0.15, 0.2) is 0 Å². The molecule has 146 valence electrons. The molecule has 0 saturated heterocycles. The smallest absolute Gasteiger partial charge is 0.263 e. The Hall–Kier alpha value is -3.22. The van der Waals surface area contributed by atoms with Gasteiger partial charge in [0.1, 0.15) is 6.26 Å². The number of allylic oxidation sites excluding steroid dienone is 2. The minimum absolute atomic E-state index is 0.0370. The van der Waals surface area contributed by atoms with E-state index in [1.165, 1.54) is 12.5 Å². The van der Waals surface area contributed by atoms with Gasteiger partial charge >= 0.3 is 0 Å². The Labute approximate surface area is 164 Å². The predicted octanol–water partition coefficient (Wildman–Crippen LogP) is 4.33. The average molecular weight is 379 g/mol. The normalized spacial score (nSPS) is 12.2. The molecule has 7 nitrogen and oxygen atoms in total. The van der Waals surface area contributed by atoms with Gasteiger partial charge in [-0.2, -0.15) is 5.10 Å². The summed E-state index contributed by atoms with van der Waals surface area (Å²) < 4.78 is 6.79. The number of unbranched alkanes of at least 4 members (excludes halogenated alkanes) is 3. The minimum atomic E-state index is -0.0370. The second kappa shape index (κ2) is 9.64. The number of aryl methyl sites for hydroxylation is 1. The molecule has 1 aromatic carbocycles. The van der Waals surface area contributed by atoms with Gasteiger partial charge in [-0.3, -0.25) is 14.5 Å². The molecule has 0 aliphatic carbocycles. The zero-order valence-corrected chi connectivity index (χ0v) is 16.0. The third-order valence-corrected chi connectivity index (χ3v) is 4.40. The quantitative estimate of drug-likeness (QED) is 0.321. The Morgan fingerprint density at radius 3 is 2.86 bits per heavy atom. The molecule has 0 fully saturated rings. The summed E-state index contributed by atoms with van der Waals surface area (Å²) in [6.45, 7) is 0. The van der Waals surface area contributed by atoms with E-state index in [1.54, 1.807) is 10.9 Å². The maximum absolute atomic E-state index is 11.8. The number of rotatable bonds is 10. The Balaban J connectivity index is 1.34. The fraction of sp³-hybridized carbons (Fsp3) is 0.333. The van der Waals surface area contributed by atoms with Crippen LogP contribution in [0.4, 0.5) is 5.69 Å². The molecule has 0 radical (unpaired) electrons. The lowest BCUT2D eigenvalue weighted by atomic mass is 10.1. The number of nitrogens with two attached hydrogens (primary N) is 1. The Morgan fingerprint density at radius 1 is 1.25 bits per heavy atom. The predicted molar refractivity (Wildman–Crippen MR) is 110 cm³/mol. The molecule has 3 rings (SSSR count). The summed E-state index contributed by atoms with van der Waals surface area (Å²) in [6, 6.07) is 5.90. The minimum Gasteiger partial charge on any atom is -0.442 e. The number of Topliss-reactive ketones (excluding diaryl/α,β-unsaturated/α-hetero) is 1. The molecule has 0 aliphatic rings. The van der Waals surface area contributed by atoms with Crippen molar-refractivity contribution in [3.8, 4) is 0 Å². The number of carbonyl (C=O) groups is 1. The van der Waals surface area contributed by atoms with Crippen LogP contribution in [0.2, 0.25) is 0 Å². The maximum Gasteiger partial charge on any atom is 0.263 e. The van der Waals surface area contributed by atoms with Crippen LogP contribution in [0.15, 0.2) is 58.0 Å². The molecule has 28 heavy (non-hydrogen) atoms. The van der Waals surface area contributed by atoms with Gasteiger partial charge in [0.25, 0.3) is 5.89 Å². The number of carbonyl (C=O) groups excluding carboxylic acids is 1. The lowest BCUT2D eigenvalue weighted by Crippen LogP contribution is -1.99. The summed E-state index contributed by atoms with van der Waals surface area (Å²) in [5, 5.41) is 5.41. The van der Waals surface area contributed by atoms with Crippen LogP contribution in [0, 0.1) is 0 Å². The van der Waals surface area contributed by atoms with Crippen molar-refractivity contribution in [3.63, 3.8) is 0 Å². The summed E-state index contributed by atoms with van der Waals surface area (Å²) in [4.78, 5) is 20.1. The molecule has 0 atom stereocenters. The van der Waals surface area contributed by atoms with E-state index in [4.69, 9.17) is 10.2 Å². The SMILES string of the molecule is Cn1cc2cc(N=CC=C(N)CCCCCCC(=O)c3ncco3)ccc2n1. The van der Waals surface area contributed by atoms with E-state index in [1.807, 2.05) is 37.5 Å². The maximum atomic E-state index is 11.8. The van der Waals surface area contributed by atoms with Crippen LogP contribution < -0.4 is 5.73 Å². The fourth-order valence-corrected chi connectivity index (χ4v) is 2.96. The first kappa shape index (κ1) is 19.5. The van der Waals surface area contributed by atoms with Gasteiger partial charge in [-0.1, -0.05) is 12.8 Å². The highest BCUT2D eigenvalue weighted by Crippen LogP contribution is 2.19. The number of aromatic nitrogens is 3. The number of nitrogens with zero attached hydrogens (tertiary/aromatic N) is 4. The summed E-state index contributed by atoms with van der Waals surface area (Å²) in [7, 11) is 1.90. The molecule has 2 aromatic heterocycles. The monoisotopic (exact) mass is 379 g/mol. The van der Waals surface area contributed by atoms with Crippen LogP contribution in [-0.4, -0.2) is 26.8 Å². The highest BCUT2D eigenvalue weighted by atomic mass is 16.3. The summed E-state index contributed by atoms with van der Waals surface area (Å²) in [5.74, 6) is 0.166. The van der Waals surface area contributed by atoms with Gasteiger partial charge in [0.2, 0.25) is 5.78 Å². The molecule has 3 aromatic rings. The summed E-state index contributed by atoms with van der Waals surface area (Å²) in [6.07, 6.45) is 13.6. The van der Waals surface area contributed by atoms with E-state index in [-0.39, 0.29) is 11.7 Å². The van der Waals surface area contributed by atoms with E-state index >= 15 is 0 Å². The van der Waals surface area contributed by atoms with Crippen molar-refractivity contribution < 1.29 is 9.21 Å². The van der Waals surface area contributed by atoms with Crippen LogP contribution in [0.3, 0.4) is 0 Å².